The zero-order valence-electron chi connectivity index (χ0n) is 4.72. The number of hydrogen-bond donors (Lipinski definition) is 0. The first kappa shape index (κ1) is 6.49. The van der Waals surface area contributed by atoms with Crippen LogP contribution in [0.3, 0.4) is 0 Å². The molecule has 1 aliphatic rings. The lowest BCUT2D eigenvalue weighted by atomic mass is 10.2. The fraction of sp³-hybridized carbons (Fsp3) is 0.800. The summed E-state index contributed by atoms with van der Waals surface area (Å²) in [5, 5.41) is 0.244. The third-order valence-electron chi connectivity index (χ3n) is 1.10. The van der Waals surface area contributed by atoms with Gasteiger partial charge in [0.2, 0.25) is 0 Å². The fourth-order valence-electron chi connectivity index (χ4n) is 0.549. The fourth-order valence-corrected chi connectivity index (χ4v) is 2.83. The molecule has 46 valence electrons. The minimum atomic E-state index is 0.244. The van der Waals surface area contributed by atoms with E-state index in [1.807, 2.05) is 6.92 Å². The van der Waals surface area contributed by atoms with Crippen molar-refractivity contribution in [3.63, 3.8) is 0 Å². The Morgan fingerprint density at radius 3 is 2.88 bits per heavy atom. The van der Waals surface area contributed by atoms with E-state index in [9.17, 15) is 4.79 Å². The van der Waals surface area contributed by atoms with Gasteiger partial charge in [-0.05, 0) is 6.92 Å². The molecule has 1 aliphatic heterocycles. The number of carbonyl (C=O) groups is 1. The van der Waals surface area contributed by atoms with Crippen molar-refractivity contribution in [1.82, 2.24) is 0 Å². The first-order valence-corrected chi connectivity index (χ1v) is 5.00. The molecule has 1 nitrogen and oxygen atoms in total. The summed E-state index contributed by atoms with van der Waals surface area (Å²) >= 11 is 0. The first-order valence-electron chi connectivity index (χ1n) is 2.61. The molecule has 1 atom stereocenters. The van der Waals surface area contributed by atoms with E-state index < -0.39 is 0 Å². The van der Waals surface area contributed by atoms with Crippen molar-refractivity contribution in [3.05, 3.63) is 0 Å². The second-order valence-corrected chi connectivity index (χ2v) is 4.60. The van der Waals surface area contributed by atoms with Crippen LogP contribution in [0.1, 0.15) is 13.3 Å². The van der Waals surface area contributed by atoms with Crippen molar-refractivity contribution >= 4 is 27.4 Å². The molecule has 0 N–H and O–H groups in total. The Morgan fingerprint density at radius 1 is 1.75 bits per heavy atom. The standard InChI is InChI=1S/C5H8OS2/c1-4-5(6)2-3-7-8-4/h4H,2-3H2,1H3. The van der Waals surface area contributed by atoms with Crippen LogP contribution >= 0.6 is 21.6 Å². The van der Waals surface area contributed by atoms with Crippen LogP contribution in [-0.2, 0) is 4.79 Å². The zero-order chi connectivity index (χ0) is 5.98. The summed E-state index contributed by atoms with van der Waals surface area (Å²) in [7, 11) is 3.50. The Balaban J connectivity index is 2.39. The van der Waals surface area contributed by atoms with Crippen LogP contribution in [0.2, 0.25) is 0 Å². The lowest BCUT2D eigenvalue weighted by molar-refractivity contribution is -0.117. The topological polar surface area (TPSA) is 17.1 Å². The maximum Gasteiger partial charge on any atom is 0.147 e. The highest BCUT2D eigenvalue weighted by Gasteiger charge is 2.17. The van der Waals surface area contributed by atoms with Gasteiger partial charge in [-0.2, -0.15) is 0 Å². The molecular formula is C5H8OS2. The third-order valence-corrected chi connectivity index (χ3v) is 3.93. The van der Waals surface area contributed by atoms with Gasteiger partial charge >= 0.3 is 0 Å². The summed E-state index contributed by atoms with van der Waals surface area (Å²) in [5.41, 5.74) is 0. The van der Waals surface area contributed by atoms with Gasteiger partial charge in [0, 0.05) is 12.2 Å². The maximum absolute atomic E-state index is 10.8. The number of carbonyl (C=O) groups excluding carboxylic acids is 1. The zero-order valence-corrected chi connectivity index (χ0v) is 6.35. The van der Waals surface area contributed by atoms with Crippen LogP contribution < -0.4 is 0 Å². The number of Topliss-reactive ketones (excluding diaryl/α,β-unsaturated/α-hetero) is 1. The van der Waals surface area contributed by atoms with E-state index in [1.54, 1.807) is 21.6 Å². The van der Waals surface area contributed by atoms with E-state index >= 15 is 0 Å². The van der Waals surface area contributed by atoms with Crippen LogP contribution in [0.25, 0.3) is 0 Å². The lowest BCUT2D eigenvalue weighted by Crippen LogP contribution is -2.16. The molecule has 3 heteroatoms. The van der Waals surface area contributed by atoms with Gasteiger partial charge in [-0.15, -0.1) is 0 Å². The second-order valence-electron chi connectivity index (χ2n) is 1.78. The van der Waals surface area contributed by atoms with Gasteiger partial charge < -0.3 is 0 Å². The van der Waals surface area contributed by atoms with E-state index in [2.05, 4.69) is 0 Å². The number of ketones is 1. The average molecular weight is 148 g/mol. The van der Waals surface area contributed by atoms with Gasteiger partial charge in [0.05, 0.1) is 5.25 Å². The van der Waals surface area contributed by atoms with Gasteiger partial charge in [-0.3, -0.25) is 4.79 Å². The highest BCUT2D eigenvalue weighted by atomic mass is 33.1. The predicted molar refractivity (Wildman–Crippen MR) is 39.1 cm³/mol. The monoisotopic (exact) mass is 148 g/mol. The molecule has 8 heavy (non-hydrogen) atoms. The van der Waals surface area contributed by atoms with Crippen molar-refractivity contribution in [1.29, 1.82) is 0 Å². The van der Waals surface area contributed by atoms with Gasteiger partial charge in [-0.25, -0.2) is 0 Å². The molecule has 0 aromatic heterocycles. The van der Waals surface area contributed by atoms with E-state index in [1.165, 1.54) is 0 Å². The molecule has 1 heterocycles. The van der Waals surface area contributed by atoms with E-state index in [0.29, 0.717) is 5.78 Å². The Bertz CT molecular complexity index is 103. The van der Waals surface area contributed by atoms with Gasteiger partial charge in [-0.1, -0.05) is 21.6 Å². The normalized spacial score (nSPS) is 30.6. The maximum atomic E-state index is 10.8. The summed E-state index contributed by atoms with van der Waals surface area (Å²) in [6.07, 6.45) is 0.777. The molecule has 0 aromatic rings. The summed E-state index contributed by atoms with van der Waals surface area (Å²) < 4.78 is 0. The van der Waals surface area contributed by atoms with Gasteiger partial charge in [0.1, 0.15) is 5.78 Å². The summed E-state index contributed by atoms with van der Waals surface area (Å²) in [6.45, 7) is 1.97. The van der Waals surface area contributed by atoms with Crippen LogP contribution in [0, 0.1) is 0 Å². The molecule has 0 radical (unpaired) electrons. The second kappa shape index (κ2) is 2.78. The van der Waals surface area contributed by atoms with E-state index in [4.69, 9.17) is 0 Å². The molecule has 0 amide bonds. The van der Waals surface area contributed by atoms with E-state index in [0.717, 1.165) is 12.2 Å². The Hall–Kier alpha value is 0.370. The lowest BCUT2D eigenvalue weighted by Gasteiger charge is -2.13. The number of hydrogen-bond acceptors (Lipinski definition) is 3. The minimum Gasteiger partial charge on any atom is -0.298 e. The van der Waals surface area contributed by atoms with Crippen molar-refractivity contribution < 1.29 is 4.79 Å². The molecule has 0 spiro atoms. The third kappa shape index (κ3) is 1.42. The van der Waals surface area contributed by atoms with E-state index in [-0.39, 0.29) is 5.25 Å². The Kier molecular flexibility index (Phi) is 2.26. The quantitative estimate of drug-likeness (QED) is 0.487. The Labute approximate surface area is 57.0 Å². The molecule has 1 fully saturated rings. The minimum absolute atomic E-state index is 0.244. The Morgan fingerprint density at radius 2 is 2.50 bits per heavy atom. The van der Waals surface area contributed by atoms with Crippen molar-refractivity contribution in [2.24, 2.45) is 0 Å². The SMILES string of the molecule is CC1SSCCC1=O. The highest BCUT2D eigenvalue weighted by molar-refractivity contribution is 8.77. The smallest absolute Gasteiger partial charge is 0.147 e. The van der Waals surface area contributed by atoms with Gasteiger partial charge in [0.25, 0.3) is 0 Å². The molecule has 1 saturated heterocycles. The van der Waals surface area contributed by atoms with Crippen molar-refractivity contribution in [2.45, 2.75) is 18.6 Å². The summed E-state index contributed by atoms with van der Waals surface area (Å²) in [4.78, 5) is 10.8. The largest absolute Gasteiger partial charge is 0.298 e. The van der Waals surface area contributed by atoms with Crippen molar-refractivity contribution in [3.8, 4) is 0 Å². The molecule has 0 bridgehead atoms. The average Bonchev–Trinajstić information content (AvgIpc) is 1.77. The highest BCUT2D eigenvalue weighted by Crippen LogP contribution is 2.32. The molecule has 1 unspecified atom stereocenters. The number of rotatable bonds is 0. The summed E-state index contributed by atoms with van der Waals surface area (Å²) in [6, 6.07) is 0. The summed E-state index contributed by atoms with van der Waals surface area (Å²) in [5.74, 6) is 1.42. The van der Waals surface area contributed by atoms with Crippen LogP contribution in [0.5, 0.6) is 0 Å². The molecular weight excluding hydrogens is 140 g/mol. The molecule has 1 rings (SSSR count). The predicted octanol–water partition coefficient (Wildman–Crippen LogP) is 1.73. The molecule has 0 aromatic carbocycles. The molecule has 0 saturated carbocycles. The van der Waals surface area contributed by atoms with Crippen LogP contribution in [0.15, 0.2) is 0 Å². The first-order chi connectivity index (χ1) is 3.80. The van der Waals surface area contributed by atoms with Gasteiger partial charge in [0.15, 0.2) is 0 Å². The van der Waals surface area contributed by atoms with Crippen molar-refractivity contribution in [2.75, 3.05) is 5.75 Å². The van der Waals surface area contributed by atoms with Crippen LogP contribution in [0.4, 0.5) is 0 Å². The van der Waals surface area contributed by atoms with Crippen LogP contribution in [-0.4, -0.2) is 16.8 Å². The molecule has 0 aliphatic carbocycles.